The Bertz CT molecular complexity index is 347. The monoisotopic (exact) mass is 211 g/mol. The SMILES string of the molecule is C/C=C/CNc1nc(C)c(C)nc1Cl. The van der Waals surface area contributed by atoms with Crippen molar-refractivity contribution in [1.29, 1.82) is 0 Å². The quantitative estimate of drug-likeness (QED) is 0.782. The van der Waals surface area contributed by atoms with E-state index in [-0.39, 0.29) is 0 Å². The largest absolute Gasteiger partial charge is 0.364 e. The highest BCUT2D eigenvalue weighted by molar-refractivity contribution is 6.31. The molecule has 0 atom stereocenters. The van der Waals surface area contributed by atoms with Crippen molar-refractivity contribution in [3.05, 3.63) is 28.7 Å². The number of nitrogens with zero attached hydrogens (tertiary/aromatic N) is 2. The molecule has 14 heavy (non-hydrogen) atoms. The van der Waals surface area contributed by atoms with Gasteiger partial charge >= 0.3 is 0 Å². The van der Waals surface area contributed by atoms with E-state index in [2.05, 4.69) is 15.3 Å². The zero-order valence-electron chi connectivity index (χ0n) is 8.63. The van der Waals surface area contributed by atoms with Crippen LogP contribution in [0.2, 0.25) is 5.15 Å². The van der Waals surface area contributed by atoms with Gasteiger partial charge in [0.15, 0.2) is 11.0 Å². The van der Waals surface area contributed by atoms with Crippen molar-refractivity contribution in [1.82, 2.24) is 9.97 Å². The van der Waals surface area contributed by atoms with E-state index >= 15 is 0 Å². The van der Waals surface area contributed by atoms with Gasteiger partial charge in [-0.3, -0.25) is 0 Å². The second-order valence-corrected chi connectivity index (χ2v) is 3.34. The van der Waals surface area contributed by atoms with Gasteiger partial charge in [0.25, 0.3) is 0 Å². The molecule has 0 saturated heterocycles. The lowest BCUT2D eigenvalue weighted by Crippen LogP contribution is -2.04. The normalized spacial score (nSPS) is 10.9. The zero-order valence-corrected chi connectivity index (χ0v) is 9.39. The number of halogens is 1. The van der Waals surface area contributed by atoms with E-state index in [0.29, 0.717) is 17.5 Å². The van der Waals surface area contributed by atoms with E-state index in [4.69, 9.17) is 11.6 Å². The molecule has 1 aromatic rings. The highest BCUT2D eigenvalue weighted by Crippen LogP contribution is 2.17. The summed E-state index contributed by atoms with van der Waals surface area (Å²) in [4.78, 5) is 8.47. The van der Waals surface area contributed by atoms with Gasteiger partial charge in [-0.05, 0) is 20.8 Å². The van der Waals surface area contributed by atoms with Crippen LogP contribution in [0, 0.1) is 13.8 Å². The number of nitrogens with one attached hydrogen (secondary N) is 1. The molecule has 0 aliphatic rings. The molecule has 1 rings (SSSR count). The first kappa shape index (κ1) is 11.0. The zero-order chi connectivity index (χ0) is 10.6. The molecule has 3 nitrogen and oxygen atoms in total. The number of hydrogen-bond donors (Lipinski definition) is 1. The fourth-order valence-electron chi connectivity index (χ4n) is 0.962. The van der Waals surface area contributed by atoms with Crippen LogP contribution in [0.3, 0.4) is 0 Å². The van der Waals surface area contributed by atoms with E-state index < -0.39 is 0 Å². The van der Waals surface area contributed by atoms with E-state index in [1.54, 1.807) is 0 Å². The van der Waals surface area contributed by atoms with Gasteiger partial charge in [0.1, 0.15) is 0 Å². The van der Waals surface area contributed by atoms with Crippen LogP contribution in [0.15, 0.2) is 12.2 Å². The van der Waals surface area contributed by atoms with Crippen molar-refractivity contribution in [3.63, 3.8) is 0 Å². The van der Waals surface area contributed by atoms with Crippen molar-refractivity contribution >= 4 is 17.4 Å². The number of rotatable bonds is 3. The Balaban J connectivity index is 2.81. The molecule has 0 bridgehead atoms. The van der Waals surface area contributed by atoms with Crippen LogP contribution < -0.4 is 5.32 Å². The first-order chi connectivity index (χ1) is 6.65. The predicted molar refractivity (Wildman–Crippen MR) is 59.8 cm³/mol. The second-order valence-electron chi connectivity index (χ2n) is 2.98. The average Bonchev–Trinajstić information content (AvgIpc) is 2.14. The minimum absolute atomic E-state index is 0.428. The molecule has 76 valence electrons. The van der Waals surface area contributed by atoms with Crippen LogP contribution in [0.25, 0.3) is 0 Å². The summed E-state index contributed by atoms with van der Waals surface area (Å²) in [7, 11) is 0. The second kappa shape index (κ2) is 4.96. The summed E-state index contributed by atoms with van der Waals surface area (Å²) in [6.45, 7) is 6.49. The van der Waals surface area contributed by atoms with Crippen LogP contribution >= 0.6 is 11.6 Å². The molecule has 1 aromatic heterocycles. The van der Waals surface area contributed by atoms with Crippen molar-refractivity contribution in [3.8, 4) is 0 Å². The van der Waals surface area contributed by atoms with Crippen LogP contribution in [0.4, 0.5) is 5.82 Å². The Labute approximate surface area is 89.2 Å². The van der Waals surface area contributed by atoms with Gasteiger partial charge in [0.2, 0.25) is 0 Å². The van der Waals surface area contributed by atoms with Crippen LogP contribution in [-0.4, -0.2) is 16.5 Å². The summed E-state index contributed by atoms with van der Waals surface area (Å²) in [5, 5.41) is 3.52. The molecule has 1 N–H and O–H groups in total. The number of aryl methyl sites for hydroxylation is 2. The number of anilines is 1. The molecule has 0 aliphatic carbocycles. The van der Waals surface area contributed by atoms with Gasteiger partial charge in [0.05, 0.1) is 11.4 Å². The Morgan fingerprint density at radius 1 is 1.29 bits per heavy atom. The van der Waals surface area contributed by atoms with Gasteiger partial charge < -0.3 is 5.32 Å². The van der Waals surface area contributed by atoms with E-state index in [1.165, 1.54) is 0 Å². The maximum Gasteiger partial charge on any atom is 0.171 e. The summed E-state index contributed by atoms with van der Waals surface area (Å²) in [5.74, 6) is 0.646. The molecule has 0 saturated carbocycles. The predicted octanol–water partition coefficient (Wildman–Crippen LogP) is 2.73. The van der Waals surface area contributed by atoms with Gasteiger partial charge in [-0.2, -0.15) is 0 Å². The van der Waals surface area contributed by atoms with Crippen molar-refractivity contribution in [2.75, 3.05) is 11.9 Å². The molecular weight excluding hydrogens is 198 g/mol. The Kier molecular flexibility index (Phi) is 3.89. The smallest absolute Gasteiger partial charge is 0.171 e. The van der Waals surface area contributed by atoms with Crippen LogP contribution in [0.1, 0.15) is 18.3 Å². The lowest BCUT2D eigenvalue weighted by atomic mass is 10.3. The summed E-state index contributed by atoms with van der Waals surface area (Å²) < 4.78 is 0. The fourth-order valence-corrected chi connectivity index (χ4v) is 1.20. The number of allylic oxidation sites excluding steroid dienone is 1. The Morgan fingerprint density at radius 2 is 1.93 bits per heavy atom. The lowest BCUT2D eigenvalue weighted by molar-refractivity contribution is 1.04. The first-order valence-electron chi connectivity index (χ1n) is 4.51. The summed E-state index contributed by atoms with van der Waals surface area (Å²) in [6, 6.07) is 0. The summed E-state index contributed by atoms with van der Waals surface area (Å²) in [6.07, 6.45) is 3.96. The molecule has 0 unspecified atom stereocenters. The van der Waals surface area contributed by atoms with E-state index in [9.17, 15) is 0 Å². The van der Waals surface area contributed by atoms with Gasteiger partial charge in [0, 0.05) is 6.54 Å². The molecular formula is C10H14ClN3. The lowest BCUT2D eigenvalue weighted by Gasteiger charge is -2.06. The highest BCUT2D eigenvalue weighted by atomic mass is 35.5. The van der Waals surface area contributed by atoms with Crippen LogP contribution in [0.5, 0.6) is 0 Å². The summed E-state index contributed by atoms with van der Waals surface area (Å²) >= 11 is 5.92. The molecule has 0 aliphatic heterocycles. The summed E-state index contributed by atoms with van der Waals surface area (Å²) in [5.41, 5.74) is 1.77. The topological polar surface area (TPSA) is 37.8 Å². The average molecular weight is 212 g/mol. The third kappa shape index (κ3) is 2.70. The Morgan fingerprint density at radius 3 is 2.57 bits per heavy atom. The molecule has 0 amide bonds. The van der Waals surface area contributed by atoms with Gasteiger partial charge in [-0.15, -0.1) is 0 Å². The van der Waals surface area contributed by atoms with Crippen molar-refractivity contribution < 1.29 is 0 Å². The minimum Gasteiger partial charge on any atom is -0.364 e. The molecule has 0 radical (unpaired) electrons. The van der Waals surface area contributed by atoms with Gasteiger partial charge in [-0.1, -0.05) is 23.8 Å². The van der Waals surface area contributed by atoms with Crippen LogP contribution in [-0.2, 0) is 0 Å². The Hall–Kier alpha value is -1.09. The third-order valence-electron chi connectivity index (χ3n) is 1.89. The molecule has 0 aromatic carbocycles. The molecule has 0 spiro atoms. The minimum atomic E-state index is 0.428. The van der Waals surface area contributed by atoms with Gasteiger partial charge in [-0.25, -0.2) is 9.97 Å². The first-order valence-corrected chi connectivity index (χ1v) is 4.88. The molecule has 4 heteroatoms. The highest BCUT2D eigenvalue weighted by Gasteiger charge is 2.04. The molecule has 1 heterocycles. The standard InChI is InChI=1S/C10H14ClN3/c1-4-5-6-12-10-9(11)13-7(2)8(3)14-10/h4-5H,6H2,1-3H3,(H,12,14)/b5-4+. The number of aromatic nitrogens is 2. The maximum atomic E-state index is 5.92. The van der Waals surface area contributed by atoms with E-state index in [1.807, 2.05) is 32.9 Å². The van der Waals surface area contributed by atoms with Crippen molar-refractivity contribution in [2.45, 2.75) is 20.8 Å². The maximum absolute atomic E-state index is 5.92. The van der Waals surface area contributed by atoms with Crippen molar-refractivity contribution in [2.24, 2.45) is 0 Å². The number of hydrogen-bond acceptors (Lipinski definition) is 3. The molecule has 0 fully saturated rings. The fraction of sp³-hybridized carbons (Fsp3) is 0.400. The van der Waals surface area contributed by atoms with E-state index in [0.717, 1.165) is 11.4 Å². The third-order valence-corrected chi connectivity index (χ3v) is 2.15.